The molecule has 0 unspecified atom stereocenters. The summed E-state index contributed by atoms with van der Waals surface area (Å²) in [5.74, 6) is -3.45. The summed E-state index contributed by atoms with van der Waals surface area (Å²) in [5.41, 5.74) is 0.406. The summed E-state index contributed by atoms with van der Waals surface area (Å²) in [6.45, 7) is 0.921. The van der Waals surface area contributed by atoms with Crippen molar-refractivity contribution in [3.63, 3.8) is 0 Å². The van der Waals surface area contributed by atoms with E-state index in [-0.39, 0.29) is 6.04 Å². The molecular weight excluding hydrogens is 243 g/mol. The fraction of sp³-hybridized carbons (Fsp3) is 0.778. The first-order valence-corrected chi connectivity index (χ1v) is 4.93. The molecule has 2 fully saturated rings. The van der Waals surface area contributed by atoms with Gasteiger partial charge in [0.25, 0.3) is 0 Å². The minimum absolute atomic E-state index is 0.262. The van der Waals surface area contributed by atoms with Crippen LogP contribution in [0.3, 0.4) is 0 Å². The maximum Gasteiger partial charge on any atom is 0.490 e. The van der Waals surface area contributed by atoms with Gasteiger partial charge in [-0.05, 0) is 24.7 Å². The normalized spacial score (nSPS) is 25.0. The maximum atomic E-state index is 10.6. The van der Waals surface area contributed by atoms with Crippen molar-refractivity contribution in [2.75, 3.05) is 6.54 Å². The monoisotopic (exact) mass is 255 g/mol. The number of carboxylic acids is 2. The van der Waals surface area contributed by atoms with Crippen LogP contribution in [0.1, 0.15) is 19.3 Å². The van der Waals surface area contributed by atoms with Gasteiger partial charge >= 0.3 is 18.1 Å². The van der Waals surface area contributed by atoms with E-state index >= 15 is 0 Å². The predicted octanol–water partition coefficient (Wildman–Crippen LogP) is 0.846. The zero-order valence-electron chi connectivity index (χ0n) is 8.75. The van der Waals surface area contributed by atoms with Gasteiger partial charge in [0.05, 0.1) is 0 Å². The van der Waals surface area contributed by atoms with Crippen molar-refractivity contribution in [2.45, 2.75) is 31.5 Å². The summed E-state index contributed by atoms with van der Waals surface area (Å²) < 4.78 is 31.7. The Morgan fingerprint density at radius 3 is 1.88 bits per heavy atom. The molecule has 0 aromatic carbocycles. The molecule has 0 amide bonds. The lowest BCUT2D eigenvalue weighted by molar-refractivity contribution is -0.192. The highest BCUT2D eigenvalue weighted by Crippen LogP contribution is 2.51. The minimum atomic E-state index is -5.08. The van der Waals surface area contributed by atoms with E-state index in [0.717, 1.165) is 13.0 Å². The van der Waals surface area contributed by atoms with E-state index in [0.29, 0.717) is 5.41 Å². The van der Waals surface area contributed by atoms with Crippen LogP contribution in [0.4, 0.5) is 13.2 Å². The second kappa shape index (κ2) is 4.52. The molecule has 1 heterocycles. The quantitative estimate of drug-likeness (QED) is 0.646. The summed E-state index contributed by atoms with van der Waals surface area (Å²) in [5, 5.41) is 18.7. The van der Waals surface area contributed by atoms with Gasteiger partial charge in [-0.15, -0.1) is 0 Å². The number of hydrogen-bond acceptors (Lipinski definition) is 3. The Labute approximate surface area is 94.6 Å². The third kappa shape index (κ3) is 3.88. The van der Waals surface area contributed by atoms with Gasteiger partial charge in [0.1, 0.15) is 6.04 Å². The first kappa shape index (κ1) is 13.8. The second-order valence-corrected chi connectivity index (χ2v) is 4.28. The van der Waals surface area contributed by atoms with E-state index in [1.165, 1.54) is 12.8 Å². The first-order chi connectivity index (χ1) is 7.66. The van der Waals surface area contributed by atoms with Gasteiger partial charge in [-0.25, -0.2) is 4.79 Å². The summed E-state index contributed by atoms with van der Waals surface area (Å²) in [4.78, 5) is 19.4. The van der Waals surface area contributed by atoms with Crippen molar-refractivity contribution in [3.8, 4) is 0 Å². The van der Waals surface area contributed by atoms with Gasteiger partial charge in [-0.2, -0.15) is 13.2 Å². The zero-order chi connectivity index (χ0) is 13.3. The lowest BCUT2D eigenvalue weighted by Gasteiger charge is -2.01. The van der Waals surface area contributed by atoms with Gasteiger partial charge in [0.15, 0.2) is 0 Å². The maximum absolute atomic E-state index is 10.6. The number of halogens is 3. The predicted molar refractivity (Wildman–Crippen MR) is 49.4 cm³/mol. The average Bonchev–Trinajstić information content (AvgIpc) is 2.74. The molecule has 1 saturated heterocycles. The van der Waals surface area contributed by atoms with Crippen LogP contribution in [0.25, 0.3) is 0 Å². The third-order valence-corrected chi connectivity index (χ3v) is 2.86. The van der Waals surface area contributed by atoms with Crippen molar-refractivity contribution >= 4 is 11.9 Å². The van der Waals surface area contributed by atoms with Crippen molar-refractivity contribution in [2.24, 2.45) is 5.41 Å². The van der Waals surface area contributed by atoms with E-state index in [2.05, 4.69) is 5.32 Å². The zero-order valence-corrected chi connectivity index (χ0v) is 8.75. The third-order valence-electron chi connectivity index (χ3n) is 2.86. The summed E-state index contributed by atoms with van der Waals surface area (Å²) >= 11 is 0. The molecule has 1 atom stereocenters. The number of alkyl halides is 3. The van der Waals surface area contributed by atoms with Gasteiger partial charge in [0.2, 0.25) is 0 Å². The molecule has 3 N–H and O–H groups in total. The van der Waals surface area contributed by atoms with Crippen LogP contribution in [-0.4, -0.2) is 40.9 Å². The lowest BCUT2D eigenvalue weighted by Crippen LogP contribution is -2.29. The molecule has 5 nitrogen and oxygen atoms in total. The van der Waals surface area contributed by atoms with Crippen LogP contribution in [-0.2, 0) is 9.59 Å². The molecule has 0 bridgehead atoms. The molecule has 1 aliphatic heterocycles. The number of carboxylic acid groups (broad SMARTS) is 2. The fourth-order valence-corrected chi connectivity index (χ4v) is 1.65. The van der Waals surface area contributed by atoms with Crippen LogP contribution in [0.2, 0.25) is 0 Å². The minimum Gasteiger partial charge on any atom is -0.480 e. The largest absolute Gasteiger partial charge is 0.490 e. The average molecular weight is 255 g/mol. The van der Waals surface area contributed by atoms with E-state index in [4.69, 9.17) is 15.0 Å². The van der Waals surface area contributed by atoms with E-state index in [1.54, 1.807) is 0 Å². The van der Waals surface area contributed by atoms with Crippen LogP contribution in [0, 0.1) is 5.41 Å². The van der Waals surface area contributed by atoms with Crippen molar-refractivity contribution in [3.05, 3.63) is 0 Å². The van der Waals surface area contributed by atoms with E-state index in [1.807, 2.05) is 0 Å². The van der Waals surface area contributed by atoms with Gasteiger partial charge < -0.3 is 15.5 Å². The van der Waals surface area contributed by atoms with E-state index in [9.17, 15) is 18.0 Å². The molecule has 1 aliphatic carbocycles. The van der Waals surface area contributed by atoms with Crippen molar-refractivity contribution in [1.82, 2.24) is 5.32 Å². The Kier molecular flexibility index (Phi) is 3.65. The lowest BCUT2D eigenvalue weighted by atomic mass is 10.0. The first-order valence-electron chi connectivity index (χ1n) is 4.93. The highest BCUT2D eigenvalue weighted by atomic mass is 19.4. The van der Waals surface area contributed by atoms with Crippen LogP contribution in [0.15, 0.2) is 0 Å². The van der Waals surface area contributed by atoms with Crippen LogP contribution in [0.5, 0.6) is 0 Å². The van der Waals surface area contributed by atoms with Crippen molar-refractivity contribution in [1.29, 1.82) is 0 Å². The Morgan fingerprint density at radius 2 is 1.71 bits per heavy atom. The number of hydrogen-bond donors (Lipinski definition) is 3. The Bertz CT molecular complexity index is 325. The molecule has 1 saturated carbocycles. The second-order valence-electron chi connectivity index (χ2n) is 4.28. The number of carbonyl (C=O) groups is 2. The Balaban J connectivity index is 0.000000185. The fourth-order valence-electron chi connectivity index (χ4n) is 1.65. The topological polar surface area (TPSA) is 86.6 Å². The molecule has 17 heavy (non-hydrogen) atoms. The summed E-state index contributed by atoms with van der Waals surface area (Å²) in [6.07, 6.45) is -1.78. The highest BCUT2D eigenvalue weighted by molar-refractivity contribution is 5.74. The van der Waals surface area contributed by atoms with Crippen LogP contribution < -0.4 is 5.32 Å². The van der Waals surface area contributed by atoms with Crippen molar-refractivity contribution < 1.29 is 33.0 Å². The van der Waals surface area contributed by atoms with Gasteiger partial charge in [-0.1, -0.05) is 0 Å². The molecule has 0 aromatic rings. The summed E-state index contributed by atoms with van der Waals surface area (Å²) in [7, 11) is 0. The number of rotatable bonds is 1. The molecule has 8 heteroatoms. The molecule has 1 spiro atoms. The standard InChI is InChI=1S/C7H11NO2.C2HF3O2/c9-6(10)5-3-7(1-2-7)4-8-5;3-2(4,5)1(6)7/h5,8H,1-4H2,(H,9,10);(H,6,7)/t5-;/m0./s1. The summed E-state index contributed by atoms with van der Waals surface area (Å²) in [6, 6.07) is -0.262. The van der Waals surface area contributed by atoms with E-state index < -0.39 is 18.1 Å². The van der Waals surface area contributed by atoms with Gasteiger partial charge in [-0.3, -0.25) is 4.79 Å². The number of nitrogens with one attached hydrogen (secondary N) is 1. The molecule has 98 valence electrons. The SMILES string of the molecule is O=C(O)C(F)(F)F.O=C(O)[C@@H]1CC2(CC2)CN1. The molecule has 2 aliphatic rings. The molecular formula is C9H12F3NO4. The van der Waals surface area contributed by atoms with Gasteiger partial charge in [0, 0.05) is 6.54 Å². The smallest absolute Gasteiger partial charge is 0.480 e. The highest BCUT2D eigenvalue weighted by Gasteiger charge is 2.49. The number of aliphatic carboxylic acids is 2. The van der Waals surface area contributed by atoms with Crippen LogP contribution >= 0.6 is 0 Å². The Hall–Kier alpha value is -1.31. The molecule has 2 rings (SSSR count). The molecule has 0 aromatic heterocycles. The molecule has 0 radical (unpaired) electrons. The Morgan fingerprint density at radius 1 is 1.24 bits per heavy atom.